The summed E-state index contributed by atoms with van der Waals surface area (Å²) in [5, 5.41) is 3.13. The molecular formula is C24H32N2O2. The fourth-order valence-electron chi connectivity index (χ4n) is 3.72. The number of piperidine rings is 1. The second kappa shape index (κ2) is 9.74. The Kier molecular flexibility index (Phi) is 7.10. The molecule has 1 amide bonds. The zero-order chi connectivity index (χ0) is 19.9. The van der Waals surface area contributed by atoms with E-state index in [1.807, 2.05) is 38.1 Å². The van der Waals surface area contributed by atoms with Crippen LogP contribution in [0.3, 0.4) is 0 Å². The molecule has 1 atom stereocenters. The lowest BCUT2D eigenvalue weighted by Crippen LogP contribution is -2.44. The lowest BCUT2D eigenvalue weighted by atomic mass is 9.95. The van der Waals surface area contributed by atoms with Crippen molar-refractivity contribution in [3.8, 4) is 5.75 Å². The van der Waals surface area contributed by atoms with E-state index in [4.69, 9.17) is 4.74 Å². The van der Waals surface area contributed by atoms with Gasteiger partial charge in [0.05, 0.1) is 6.04 Å². The van der Waals surface area contributed by atoms with Crippen LogP contribution < -0.4 is 10.1 Å². The Hall–Kier alpha value is -2.33. The minimum absolute atomic E-state index is 0.00268. The monoisotopic (exact) mass is 380 g/mol. The third kappa shape index (κ3) is 5.59. The lowest BCUT2D eigenvalue weighted by molar-refractivity contribution is -0.127. The zero-order valence-corrected chi connectivity index (χ0v) is 17.3. The fourth-order valence-corrected chi connectivity index (χ4v) is 3.72. The Morgan fingerprint density at radius 1 is 1.07 bits per heavy atom. The van der Waals surface area contributed by atoms with Gasteiger partial charge in [0.1, 0.15) is 12.4 Å². The van der Waals surface area contributed by atoms with Crippen molar-refractivity contribution in [2.24, 2.45) is 5.92 Å². The van der Waals surface area contributed by atoms with E-state index in [-0.39, 0.29) is 17.9 Å². The molecule has 150 valence electrons. The molecule has 28 heavy (non-hydrogen) atoms. The minimum atomic E-state index is -0.00268. The second-order valence-corrected chi connectivity index (χ2v) is 7.96. The molecule has 0 spiro atoms. The van der Waals surface area contributed by atoms with Crippen LogP contribution in [-0.2, 0) is 11.3 Å². The minimum Gasteiger partial charge on any atom is -0.491 e. The van der Waals surface area contributed by atoms with Crippen molar-refractivity contribution in [2.45, 2.75) is 46.2 Å². The molecule has 0 aromatic heterocycles. The normalized spacial score (nSPS) is 16.5. The predicted octanol–water partition coefficient (Wildman–Crippen LogP) is 4.10. The summed E-state index contributed by atoms with van der Waals surface area (Å²) in [6.07, 6.45) is 1.84. The largest absolute Gasteiger partial charge is 0.491 e. The van der Waals surface area contributed by atoms with Crippen molar-refractivity contribution in [1.82, 2.24) is 10.2 Å². The Morgan fingerprint density at radius 2 is 1.71 bits per heavy atom. The number of likely N-dealkylation sites (tertiary alicyclic amines) is 1. The van der Waals surface area contributed by atoms with Gasteiger partial charge < -0.3 is 10.1 Å². The molecule has 1 aliphatic heterocycles. The summed E-state index contributed by atoms with van der Waals surface area (Å²) in [6.45, 7) is 9.61. The first-order valence-corrected chi connectivity index (χ1v) is 10.3. The summed E-state index contributed by atoms with van der Waals surface area (Å²) in [6, 6.07) is 16.5. The van der Waals surface area contributed by atoms with Crippen LogP contribution in [0.25, 0.3) is 0 Å². The molecule has 3 rings (SSSR count). The van der Waals surface area contributed by atoms with Crippen LogP contribution >= 0.6 is 0 Å². The molecule has 1 saturated heterocycles. The van der Waals surface area contributed by atoms with Gasteiger partial charge in [-0.3, -0.25) is 9.69 Å². The first-order chi connectivity index (χ1) is 13.5. The fraction of sp³-hybridized carbons (Fsp3) is 0.458. The highest BCUT2D eigenvalue weighted by Crippen LogP contribution is 2.21. The molecule has 2 aromatic rings. The molecule has 1 unspecified atom stereocenters. The van der Waals surface area contributed by atoms with Crippen molar-refractivity contribution in [1.29, 1.82) is 0 Å². The molecule has 0 radical (unpaired) electrons. The molecule has 4 nitrogen and oxygen atoms in total. The quantitative estimate of drug-likeness (QED) is 0.786. The number of ether oxygens (including phenoxy) is 1. The molecule has 2 aromatic carbocycles. The van der Waals surface area contributed by atoms with E-state index in [0.29, 0.717) is 6.61 Å². The van der Waals surface area contributed by atoms with Crippen LogP contribution in [0.1, 0.15) is 36.5 Å². The maximum Gasteiger partial charge on any atom is 0.223 e. The van der Waals surface area contributed by atoms with Gasteiger partial charge in [0.2, 0.25) is 5.91 Å². The number of benzene rings is 2. The summed E-state index contributed by atoms with van der Waals surface area (Å²) >= 11 is 0. The summed E-state index contributed by atoms with van der Waals surface area (Å²) in [5.74, 6) is 1.15. The van der Waals surface area contributed by atoms with Gasteiger partial charge >= 0.3 is 0 Å². The van der Waals surface area contributed by atoms with E-state index in [1.165, 1.54) is 11.1 Å². The van der Waals surface area contributed by atoms with Gasteiger partial charge in [0.25, 0.3) is 0 Å². The molecule has 0 aliphatic carbocycles. The van der Waals surface area contributed by atoms with Crippen LogP contribution in [0.2, 0.25) is 0 Å². The standard InChI is InChI=1S/C24H32N2O2/c1-18-8-4-6-10-22(18)16-26-14-12-21(13-15-26)24(27)25-20(3)17-28-23-11-7-5-9-19(23)2/h4-11,20-21H,12-17H2,1-3H3,(H,25,27). The Labute approximate surface area is 168 Å². The predicted molar refractivity (Wildman–Crippen MR) is 113 cm³/mol. The maximum atomic E-state index is 12.6. The summed E-state index contributed by atoms with van der Waals surface area (Å²) < 4.78 is 5.86. The van der Waals surface area contributed by atoms with Crippen molar-refractivity contribution >= 4 is 5.91 Å². The zero-order valence-electron chi connectivity index (χ0n) is 17.3. The topological polar surface area (TPSA) is 41.6 Å². The van der Waals surface area contributed by atoms with Crippen LogP contribution in [0.5, 0.6) is 5.75 Å². The van der Waals surface area contributed by atoms with Crippen molar-refractivity contribution in [3.63, 3.8) is 0 Å². The Morgan fingerprint density at radius 3 is 2.39 bits per heavy atom. The third-order valence-corrected chi connectivity index (χ3v) is 5.58. The van der Waals surface area contributed by atoms with Crippen LogP contribution in [0, 0.1) is 19.8 Å². The molecule has 1 heterocycles. The number of carbonyl (C=O) groups is 1. The van der Waals surface area contributed by atoms with Gasteiger partial charge in [-0.15, -0.1) is 0 Å². The lowest BCUT2D eigenvalue weighted by Gasteiger charge is -2.32. The molecule has 1 fully saturated rings. The van der Waals surface area contributed by atoms with E-state index in [1.54, 1.807) is 0 Å². The number of nitrogens with zero attached hydrogens (tertiary/aromatic N) is 1. The van der Waals surface area contributed by atoms with Crippen molar-refractivity contribution in [3.05, 3.63) is 65.2 Å². The highest BCUT2D eigenvalue weighted by molar-refractivity contribution is 5.79. The Bertz CT molecular complexity index is 782. The molecule has 0 saturated carbocycles. The van der Waals surface area contributed by atoms with Gasteiger partial charge in [-0.1, -0.05) is 42.5 Å². The van der Waals surface area contributed by atoms with E-state index in [2.05, 4.69) is 41.4 Å². The van der Waals surface area contributed by atoms with Gasteiger partial charge in [0.15, 0.2) is 0 Å². The number of para-hydroxylation sites is 1. The van der Waals surface area contributed by atoms with E-state index < -0.39 is 0 Å². The number of rotatable bonds is 7. The first-order valence-electron chi connectivity index (χ1n) is 10.3. The molecule has 0 bridgehead atoms. The van der Waals surface area contributed by atoms with Crippen molar-refractivity contribution in [2.75, 3.05) is 19.7 Å². The highest BCUT2D eigenvalue weighted by Gasteiger charge is 2.26. The molecule has 4 heteroatoms. The number of carbonyl (C=O) groups excluding carboxylic acids is 1. The van der Waals surface area contributed by atoms with Crippen molar-refractivity contribution < 1.29 is 9.53 Å². The number of hydrogen-bond acceptors (Lipinski definition) is 3. The third-order valence-electron chi connectivity index (χ3n) is 5.58. The number of aryl methyl sites for hydroxylation is 2. The highest BCUT2D eigenvalue weighted by atomic mass is 16.5. The number of amides is 1. The Balaban J connectivity index is 1.41. The van der Waals surface area contributed by atoms with E-state index in [0.717, 1.165) is 43.8 Å². The van der Waals surface area contributed by atoms with E-state index in [9.17, 15) is 4.79 Å². The molecule has 1 N–H and O–H groups in total. The van der Waals surface area contributed by atoms with Crippen LogP contribution in [0.4, 0.5) is 0 Å². The van der Waals surface area contributed by atoms with Gasteiger partial charge in [0, 0.05) is 12.5 Å². The van der Waals surface area contributed by atoms with Gasteiger partial charge in [-0.05, 0) is 69.5 Å². The van der Waals surface area contributed by atoms with Gasteiger partial charge in [-0.25, -0.2) is 0 Å². The average Bonchev–Trinajstić information content (AvgIpc) is 2.69. The second-order valence-electron chi connectivity index (χ2n) is 7.96. The first kappa shape index (κ1) is 20.4. The van der Waals surface area contributed by atoms with Gasteiger partial charge in [-0.2, -0.15) is 0 Å². The maximum absolute atomic E-state index is 12.6. The van der Waals surface area contributed by atoms with Crippen LogP contribution in [0.15, 0.2) is 48.5 Å². The number of nitrogens with one attached hydrogen (secondary N) is 1. The molecular weight excluding hydrogens is 348 g/mol. The smallest absolute Gasteiger partial charge is 0.223 e. The SMILES string of the molecule is Cc1ccccc1CN1CCC(C(=O)NC(C)COc2ccccc2C)CC1. The summed E-state index contributed by atoms with van der Waals surface area (Å²) in [4.78, 5) is 15.1. The summed E-state index contributed by atoms with van der Waals surface area (Å²) in [5.41, 5.74) is 3.83. The molecule has 1 aliphatic rings. The summed E-state index contributed by atoms with van der Waals surface area (Å²) in [7, 11) is 0. The number of hydrogen-bond donors (Lipinski definition) is 1. The van der Waals surface area contributed by atoms with E-state index >= 15 is 0 Å². The van der Waals surface area contributed by atoms with Crippen LogP contribution in [-0.4, -0.2) is 36.5 Å². The average molecular weight is 381 g/mol.